The predicted octanol–water partition coefficient (Wildman–Crippen LogP) is 7.52. The van der Waals surface area contributed by atoms with Crippen LogP contribution in [0.15, 0.2) is 41.5 Å². The van der Waals surface area contributed by atoms with Gasteiger partial charge in [-0.2, -0.15) is 39.5 Å². The zero-order chi connectivity index (χ0) is 32.5. The van der Waals surface area contributed by atoms with E-state index in [1.165, 1.54) is 23.2 Å². The zero-order valence-corrected chi connectivity index (χ0v) is 23.5. The number of nitrogens with zero attached hydrogens (tertiary/aromatic N) is 2. The second-order valence-electron chi connectivity index (χ2n) is 10.7. The summed E-state index contributed by atoms with van der Waals surface area (Å²) in [5, 5.41) is 3.96. The zero-order valence-electron chi connectivity index (χ0n) is 23.5. The minimum absolute atomic E-state index is 0.0196. The third-order valence-electron chi connectivity index (χ3n) is 6.85. The van der Waals surface area contributed by atoms with E-state index in [1.807, 2.05) is 0 Å². The number of rotatable bonds is 8. The lowest BCUT2D eigenvalue weighted by molar-refractivity contribution is -0.102. The number of nitrogens with one attached hydrogen (secondary N) is 2. The van der Waals surface area contributed by atoms with E-state index >= 15 is 0 Å². The first-order valence-electron chi connectivity index (χ1n) is 13.3. The van der Waals surface area contributed by atoms with Gasteiger partial charge in [0.2, 0.25) is 0 Å². The molecule has 0 saturated carbocycles. The van der Waals surface area contributed by atoms with Crippen molar-refractivity contribution >= 4 is 23.5 Å². The average Bonchev–Trinajstić information content (AvgIpc) is 3.14. The van der Waals surface area contributed by atoms with E-state index in [0.717, 1.165) is 17.0 Å². The van der Waals surface area contributed by atoms with E-state index in [-0.39, 0.29) is 36.3 Å². The Morgan fingerprint density at radius 3 is 2.28 bits per heavy atom. The van der Waals surface area contributed by atoms with Gasteiger partial charge in [-0.1, -0.05) is 19.9 Å². The minimum atomic E-state index is -5.10. The number of allylic oxidation sites excluding steroid dienone is 3. The third-order valence-corrected chi connectivity index (χ3v) is 6.85. The summed E-state index contributed by atoms with van der Waals surface area (Å²) in [7, 11) is 0. The number of carbonyl (C=O) groups is 2. The number of alkyl halides is 9. The molecular formula is C27H31F9N4O3. The number of cyclic esters (lactones) is 1. The van der Waals surface area contributed by atoms with Crippen molar-refractivity contribution in [2.75, 3.05) is 23.3 Å². The molecule has 3 atom stereocenters. The van der Waals surface area contributed by atoms with Crippen molar-refractivity contribution in [3.63, 3.8) is 0 Å². The molecule has 1 aromatic rings. The molecule has 0 bridgehead atoms. The molecule has 1 aromatic carbocycles. The normalized spacial score (nSPS) is 21.4. The lowest BCUT2D eigenvalue weighted by atomic mass is 9.83. The molecule has 0 aromatic heterocycles. The highest BCUT2D eigenvalue weighted by Gasteiger charge is 2.48. The number of anilines is 2. The Hall–Kier alpha value is -3.59. The van der Waals surface area contributed by atoms with Crippen LogP contribution in [0.1, 0.15) is 39.7 Å². The van der Waals surface area contributed by atoms with Gasteiger partial charge in [-0.25, -0.2) is 9.59 Å². The van der Waals surface area contributed by atoms with E-state index < -0.39 is 78.6 Å². The second-order valence-corrected chi connectivity index (χ2v) is 10.7. The summed E-state index contributed by atoms with van der Waals surface area (Å²) in [5.41, 5.74) is -3.19. The van der Waals surface area contributed by atoms with Crippen LogP contribution in [0.2, 0.25) is 0 Å². The molecule has 1 unspecified atom stereocenters. The summed E-state index contributed by atoms with van der Waals surface area (Å²) >= 11 is 0. The number of benzene rings is 1. The predicted molar refractivity (Wildman–Crippen MR) is 139 cm³/mol. The summed E-state index contributed by atoms with van der Waals surface area (Å²) < 4.78 is 125. The topological polar surface area (TPSA) is 73.9 Å². The van der Waals surface area contributed by atoms with Crippen LogP contribution in [-0.4, -0.2) is 60.9 Å². The first-order valence-corrected chi connectivity index (χ1v) is 13.3. The molecule has 1 fully saturated rings. The average molecular weight is 631 g/mol. The highest BCUT2D eigenvalue weighted by atomic mass is 19.4. The van der Waals surface area contributed by atoms with Crippen molar-refractivity contribution in [2.45, 2.75) is 71.5 Å². The van der Waals surface area contributed by atoms with Crippen LogP contribution < -0.4 is 15.5 Å². The maximum absolute atomic E-state index is 13.5. The molecule has 1 aliphatic heterocycles. The fourth-order valence-corrected chi connectivity index (χ4v) is 5.01. The summed E-state index contributed by atoms with van der Waals surface area (Å²) in [6.45, 7) is 6.52. The Kier molecular flexibility index (Phi) is 9.91. The number of carbonyl (C=O) groups excluding carboxylic acids is 2. The van der Waals surface area contributed by atoms with Crippen molar-refractivity contribution in [1.29, 1.82) is 0 Å². The van der Waals surface area contributed by atoms with E-state index in [4.69, 9.17) is 4.74 Å². The molecular weight excluding hydrogens is 599 g/mol. The smallest absolute Gasteiger partial charge is 0.443 e. The molecule has 0 spiro atoms. The Morgan fingerprint density at radius 1 is 1.09 bits per heavy atom. The van der Waals surface area contributed by atoms with Gasteiger partial charge < -0.3 is 10.1 Å². The van der Waals surface area contributed by atoms with Crippen molar-refractivity contribution < 1.29 is 53.8 Å². The molecule has 7 nitrogen and oxygen atoms in total. The standard InChI is InChI=1S/C27H31F9N4O3/c1-5-37-23(41)40(12-14(2)3)21-7-6-20(38-27(34,35)36)10-17(21)13-39-15(4)22(43-24(39)42)16-8-18(25(28,29)30)11-19(9-16)26(31,32)33/h6-8,10-11,14-16,22,38H,5,9,12-13H2,1-4H3,(H,37,41)/t15-,16?,22-/m0/s1. The molecule has 3 amide bonds. The van der Waals surface area contributed by atoms with Crippen LogP contribution in [-0.2, 0) is 11.3 Å². The molecule has 43 heavy (non-hydrogen) atoms. The van der Waals surface area contributed by atoms with Crippen molar-refractivity contribution in [3.05, 3.63) is 47.1 Å². The first kappa shape index (κ1) is 33.9. The summed E-state index contributed by atoms with van der Waals surface area (Å²) in [4.78, 5) is 28.1. The van der Waals surface area contributed by atoms with Gasteiger partial charge in [0.15, 0.2) is 0 Å². The fraction of sp³-hybridized carbons (Fsp3) is 0.556. The highest BCUT2D eigenvalue weighted by Crippen LogP contribution is 2.43. The summed E-state index contributed by atoms with van der Waals surface area (Å²) in [6.07, 6.45) is -17.8. The molecule has 16 heteroatoms. The SMILES string of the molecule is CCNC(=O)N(CC(C)C)c1ccc(NC(F)(F)F)cc1CN1C(=O)O[C@H](C2C=C(C(F)(F)F)C=C(C(F)(F)F)C2)[C@@H]1C. The number of hydrogen-bond acceptors (Lipinski definition) is 4. The Morgan fingerprint density at radius 2 is 1.74 bits per heavy atom. The van der Waals surface area contributed by atoms with Gasteiger partial charge in [-0.05, 0) is 56.0 Å². The van der Waals surface area contributed by atoms with Gasteiger partial charge in [0.05, 0.1) is 23.8 Å². The first-order chi connectivity index (χ1) is 19.7. The van der Waals surface area contributed by atoms with Crippen LogP contribution in [0.25, 0.3) is 0 Å². The molecule has 2 aliphatic rings. The summed E-state index contributed by atoms with van der Waals surface area (Å²) in [5.74, 6) is -1.59. The highest BCUT2D eigenvalue weighted by molar-refractivity contribution is 5.93. The van der Waals surface area contributed by atoms with Gasteiger partial charge in [-0.3, -0.25) is 15.1 Å². The van der Waals surface area contributed by atoms with Crippen LogP contribution in [0.3, 0.4) is 0 Å². The van der Waals surface area contributed by atoms with Crippen molar-refractivity contribution in [2.24, 2.45) is 11.8 Å². The maximum Gasteiger partial charge on any atom is 0.482 e. The van der Waals surface area contributed by atoms with Crippen LogP contribution in [0, 0.1) is 11.8 Å². The monoisotopic (exact) mass is 630 g/mol. The van der Waals surface area contributed by atoms with Crippen molar-refractivity contribution in [1.82, 2.24) is 10.2 Å². The van der Waals surface area contributed by atoms with Crippen molar-refractivity contribution in [3.8, 4) is 0 Å². The van der Waals surface area contributed by atoms with E-state index in [2.05, 4.69) is 5.32 Å². The number of hydrogen-bond donors (Lipinski definition) is 2. The maximum atomic E-state index is 13.5. The van der Waals surface area contributed by atoms with Gasteiger partial charge in [0.25, 0.3) is 0 Å². The van der Waals surface area contributed by atoms with Crippen LogP contribution in [0.4, 0.5) is 60.5 Å². The van der Waals surface area contributed by atoms with Crippen LogP contribution in [0.5, 0.6) is 0 Å². The quantitative estimate of drug-likeness (QED) is 0.230. The molecule has 2 N–H and O–H groups in total. The van der Waals surface area contributed by atoms with E-state index in [1.54, 1.807) is 20.8 Å². The van der Waals surface area contributed by atoms with Gasteiger partial charge in [0, 0.05) is 30.3 Å². The molecule has 1 saturated heterocycles. The minimum Gasteiger partial charge on any atom is -0.443 e. The fourth-order valence-electron chi connectivity index (χ4n) is 5.01. The largest absolute Gasteiger partial charge is 0.482 e. The van der Waals surface area contributed by atoms with Gasteiger partial charge in [-0.15, -0.1) is 0 Å². The molecule has 240 valence electrons. The molecule has 3 rings (SSSR count). The number of amides is 3. The number of halogens is 9. The van der Waals surface area contributed by atoms with Gasteiger partial charge >= 0.3 is 30.8 Å². The van der Waals surface area contributed by atoms with Crippen LogP contribution >= 0.6 is 0 Å². The summed E-state index contributed by atoms with van der Waals surface area (Å²) in [6, 6.07) is 1.75. The third kappa shape index (κ3) is 8.50. The molecule has 1 heterocycles. The van der Waals surface area contributed by atoms with E-state index in [9.17, 15) is 49.1 Å². The lowest BCUT2D eigenvalue weighted by Crippen LogP contribution is -2.43. The Labute approximate surface area is 241 Å². The Bertz CT molecular complexity index is 1260. The molecule has 1 aliphatic carbocycles. The lowest BCUT2D eigenvalue weighted by Gasteiger charge is -2.31. The second kappa shape index (κ2) is 12.6. The van der Waals surface area contributed by atoms with Gasteiger partial charge in [0.1, 0.15) is 6.10 Å². The Balaban J connectivity index is 2.01. The molecule has 0 radical (unpaired) electrons. The number of ether oxygens (including phenoxy) is 1. The van der Waals surface area contributed by atoms with E-state index in [0.29, 0.717) is 6.08 Å². The number of urea groups is 1.